The molecule has 2 aromatic carbocycles. The summed E-state index contributed by atoms with van der Waals surface area (Å²) in [4.78, 5) is 12.9. The van der Waals surface area contributed by atoms with Crippen molar-refractivity contribution in [3.63, 3.8) is 0 Å². The van der Waals surface area contributed by atoms with Crippen molar-refractivity contribution in [2.24, 2.45) is 5.92 Å². The van der Waals surface area contributed by atoms with Crippen LogP contribution in [0.2, 0.25) is 0 Å². The second kappa shape index (κ2) is 15.3. The molecule has 1 amide bonds. The van der Waals surface area contributed by atoms with Crippen LogP contribution in [-0.2, 0) is 30.7 Å². The van der Waals surface area contributed by atoms with Gasteiger partial charge in [-0.2, -0.15) is 4.31 Å². The molecular weight excluding hydrogens is 572 g/mol. The third-order valence-electron chi connectivity index (χ3n) is 7.50. The van der Waals surface area contributed by atoms with Crippen molar-refractivity contribution in [1.29, 1.82) is 0 Å². The predicted molar refractivity (Wildman–Crippen MR) is 164 cm³/mol. The van der Waals surface area contributed by atoms with E-state index in [1.165, 1.54) is 23.5 Å². The van der Waals surface area contributed by atoms with E-state index in [4.69, 9.17) is 18.9 Å². The summed E-state index contributed by atoms with van der Waals surface area (Å²) in [6.07, 6.45) is 0.347. The molecule has 10 nitrogen and oxygen atoms in total. The maximum absolute atomic E-state index is 14.0. The molecule has 0 radical (unpaired) electrons. The Hall–Kier alpha value is -2.70. The molecule has 0 spiro atoms. The van der Waals surface area contributed by atoms with Crippen LogP contribution in [0.5, 0.6) is 5.75 Å². The Morgan fingerprint density at radius 3 is 2.26 bits per heavy atom. The van der Waals surface area contributed by atoms with Gasteiger partial charge in [0.25, 0.3) is 0 Å². The molecule has 1 aliphatic heterocycles. The van der Waals surface area contributed by atoms with E-state index in [9.17, 15) is 18.3 Å². The summed E-state index contributed by atoms with van der Waals surface area (Å²) in [5.41, 5.74) is 0.136. The Kier molecular flexibility index (Phi) is 12.4. The Morgan fingerprint density at radius 1 is 1.07 bits per heavy atom. The number of sulfonamides is 1. The van der Waals surface area contributed by atoms with E-state index in [1.54, 1.807) is 32.9 Å². The van der Waals surface area contributed by atoms with Crippen molar-refractivity contribution in [2.45, 2.75) is 88.7 Å². The van der Waals surface area contributed by atoms with Gasteiger partial charge in [-0.25, -0.2) is 13.2 Å². The fraction of sp³-hybridized carbons (Fsp3) is 0.594. The highest BCUT2D eigenvalue weighted by Gasteiger charge is 2.35. The Balaban J connectivity index is 1.88. The number of carbonyl (C=O) groups excluding carboxylic acids is 1. The molecule has 11 heteroatoms. The minimum absolute atomic E-state index is 0.0313. The molecule has 1 saturated heterocycles. The van der Waals surface area contributed by atoms with Gasteiger partial charge < -0.3 is 29.4 Å². The fourth-order valence-electron chi connectivity index (χ4n) is 4.99. The van der Waals surface area contributed by atoms with Crippen LogP contribution in [0, 0.1) is 5.92 Å². The first kappa shape index (κ1) is 34.8. The van der Waals surface area contributed by atoms with Crippen molar-refractivity contribution in [3.05, 3.63) is 60.2 Å². The first-order valence-corrected chi connectivity index (χ1v) is 16.3. The van der Waals surface area contributed by atoms with E-state index < -0.39 is 39.7 Å². The third kappa shape index (κ3) is 10.8. The maximum Gasteiger partial charge on any atom is 0.407 e. The highest BCUT2D eigenvalue weighted by atomic mass is 32.2. The summed E-state index contributed by atoms with van der Waals surface area (Å²) >= 11 is 0. The van der Waals surface area contributed by atoms with Crippen LogP contribution in [0.1, 0.15) is 59.4 Å². The minimum atomic E-state index is -4.03. The number of aliphatic hydroxyl groups is 1. The number of alkyl carbamates (subject to hydrolysis) is 1. The molecule has 1 heterocycles. The number of hydrogen-bond donors (Lipinski definition) is 2. The number of rotatable bonds is 15. The molecule has 240 valence electrons. The lowest BCUT2D eigenvalue weighted by Gasteiger charge is -2.33. The molecule has 0 bridgehead atoms. The van der Waals surface area contributed by atoms with Crippen LogP contribution in [-0.4, -0.2) is 80.9 Å². The molecule has 3 rings (SSSR count). The zero-order valence-electron chi connectivity index (χ0n) is 26.2. The van der Waals surface area contributed by atoms with Gasteiger partial charge in [0.15, 0.2) is 5.79 Å². The molecule has 1 fully saturated rings. The van der Waals surface area contributed by atoms with E-state index in [0.717, 1.165) is 5.56 Å². The van der Waals surface area contributed by atoms with Gasteiger partial charge in [0.2, 0.25) is 10.0 Å². The standard InChI is InChI=1S/C32H48N2O8S/c1-7-24(17-18-32(5)40-19-20-41-32)22-34(43(37,38)27-15-13-26(39-6)14-16-27)23-29(35)28(21-25-11-9-8-10-12-25)33-30(36)42-31(2,3)4/h8-16,24,28-29,35H,7,17-23H2,1-6H3,(H,33,36)/t24?,28-,29?/m0/s1. The summed E-state index contributed by atoms with van der Waals surface area (Å²) in [5, 5.41) is 14.4. The molecule has 2 unspecified atom stereocenters. The second-order valence-electron chi connectivity index (χ2n) is 12.2. The van der Waals surface area contributed by atoms with E-state index in [-0.39, 0.29) is 30.3 Å². The quantitative estimate of drug-likeness (QED) is 0.292. The van der Waals surface area contributed by atoms with E-state index in [1.807, 2.05) is 44.2 Å². The molecule has 0 aromatic heterocycles. The molecular formula is C32H48N2O8S. The van der Waals surface area contributed by atoms with Crippen molar-refractivity contribution in [2.75, 3.05) is 33.4 Å². The number of nitrogens with zero attached hydrogens (tertiary/aromatic N) is 1. The molecule has 1 aliphatic rings. The lowest BCUT2D eigenvalue weighted by Crippen LogP contribution is -2.52. The van der Waals surface area contributed by atoms with Crippen molar-refractivity contribution in [1.82, 2.24) is 9.62 Å². The van der Waals surface area contributed by atoms with Gasteiger partial charge in [-0.05, 0) is 76.3 Å². The van der Waals surface area contributed by atoms with Gasteiger partial charge in [-0.1, -0.05) is 43.7 Å². The first-order valence-electron chi connectivity index (χ1n) is 14.9. The van der Waals surface area contributed by atoms with Crippen LogP contribution in [0.3, 0.4) is 0 Å². The average molecular weight is 621 g/mol. The lowest BCUT2D eigenvalue weighted by molar-refractivity contribution is -0.149. The maximum atomic E-state index is 14.0. The summed E-state index contributed by atoms with van der Waals surface area (Å²) in [6.45, 7) is 10.2. The van der Waals surface area contributed by atoms with E-state index >= 15 is 0 Å². The van der Waals surface area contributed by atoms with Crippen molar-refractivity contribution in [3.8, 4) is 5.75 Å². The van der Waals surface area contributed by atoms with Crippen molar-refractivity contribution >= 4 is 16.1 Å². The Morgan fingerprint density at radius 2 is 1.70 bits per heavy atom. The van der Waals surface area contributed by atoms with Crippen LogP contribution < -0.4 is 10.1 Å². The number of hydrogen-bond acceptors (Lipinski definition) is 8. The number of nitrogens with one attached hydrogen (secondary N) is 1. The predicted octanol–water partition coefficient (Wildman–Crippen LogP) is 4.75. The fourth-order valence-corrected chi connectivity index (χ4v) is 6.53. The van der Waals surface area contributed by atoms with Crippen LogP contribution in [0.25, 0.3) is 0 Å². The van der Waals surface area contributed by atoms with E-state index in [0.29, 0.717) is 38.2 Å². The summed E-state index contributed by atoms with van der Waals surface area (Å²) in [6, 6.07) is 14.8. The largest absolute Gasteiger partial charge is 0.497 e. The molecule has 2 aromatic rings. The smallest absolute Gasteiger partial charge is 0.407 e. The number of amides is 1. The van der Waals surface area contributed by atoms with Crippen LogP contribution in [0.15, 0.2) is 59.5 Å². The first-order chi connectivity index (χ1) is 20.2. The number of carbonyl (C=O) groups is 1. The molecule has 43 heavy (non-hydrogen) atoms. The average Bonchev–Trinajstić information content (AvgIpc) is 3.40. The van der Waals surface area contributed by atoms with Gasteiger partial charge >= 0.3 is 6.09 Å². The van der Waals surface area contributed by atoms with E-state index in [2.05, 4.69) is 5.32 Å². The highest BCUT2D eigenvalue weighted by molar-refractivity contribution is 7.89. The lowest BCUT2D eigenvalue weighted by atomic mass is 9.96. The monoisotopic (exact) mass is 620 g/mol. The van der Waals surface area contributed by atoms with Gasteiger partial charge in [0.1, 0.15) is 11.4 Å². The molecule has 0 aliphatic carbocycles. The third-order valence-corrected chi connectivity index (χ3v) is 9.34. The zero-order valence-corrected chi connectivity index (χ0v) is 27.1. The topological polar surface area (TPSA) is 124 Å². The molecule has 2 N–H and O–H groups in total. The summed E-state index contributed by atoms with van der Waals surface area (Å²) < 4.78 is 51.6. The van der Waals surface area contributed by atoms with Gasteiger partial charge in [-0.15, -0.1) is 0 Å². The Labute approximate surface area is 256 Å². The Bertz CT molecular complexity index is 1240. The number of ether oxygens (including phenoxy) is 4. The van der Waals surface area contributed by atoms with Crippen molar-refractivity contribution < 1.29 is 37.3 Å². The SMILES string of the molecule is CCC(CCC1(C)OCCO1)CN(CC(O)[C@H](Cc1ccccc1)NC(=O)OC(C)(C)C)S(=O)(=O)c1ccc(OC)cc1. The number of methoxy groups -OCH3 is 1. The van der Waals surface area contributed by atoms with Gasteiger partial charge in [0.05, 0.1) is 37.4 Å². The highest BCUT2D eigenvalue weighted by Crippen LogP contribution is 2.29. The number of aliphatic hydroxyl groups excluding tert-OH is 1. The van der Waals surface area contributed by atoms with Gasteiger partial charge in [-0.3, -0.25) is 0 Å². The minimum Gasteiger partial charge on any atom is -0.497 e. The summed E-state index contributed by atoms with van der Waals surface area (Å²) in [7, 11) is -2.52. The normalized spacial score (nSPS) is 17.3. The zero-order chi connectivity index (χ0) is 31.7. The van der Waals surface area contributed by atoms with Gasteiger partial charge in [0, 0.05) is 19.5 Å². The molecule has 0 saturated carbocycles. The molecule has 3 atom stereocenters. The second-order valence-corrected chi connectivity index (χ2v) is 14.1. The van der Waals surface area contributed by atoms with Crippen LogP contribution >= 0.6 is 0 Å². The number of benzene rings is 2. The summed E-state index contributed by atoms with van der Waals surface area (Å²) in [5.74, 6) is -0.187. The van der Waals surface area contributed by atoms with Crippen LogP contribution in [0.4, 0.5) is 4.79 Å².